The van der Waals surface area contributed by atoms with Crippen LogP contribution < -0.4 is 14.4 Å². The molecular formula is C20H24ClN3O6S. The summed E-state index contributed by atoms with van der Waals surface area (Å²) < 4.78 is 31.1. The molecule has 2 aromatic rings. The van der Waals surface area contributed by atoms with Gasteiger partial charge in [-0.3, -0.25) is 19.2 Å². The lowest BCUT2D eigenvalue weighted by Crippen LogP contribution is -2.33. The fraction of sp³-hybridized carbons (Fsp3) is 0.350. The van der Waals surface area contributed by atoms with Crippen LogP contribution in [0.5, 0.6) is 5.75 Å². The fourth-order valence-corrected chi connectivity index (χ4v) is 3.95. The molecule has 0 saturated heterocycles. The van der Waals surface area contributed by atoms with Gasteiger partial charge in [0, 0.05) is 30.1 Å². The summed E-state index contributed by atoms with van der Waals surface area (Å²) in [7, 11) is -3.69. The number of hydrogen-bond donors (Lipinski definition) is 1. The number of non-ortho nitro benzene ring substituents is 1. The molecule has 0 aromatic heterocycles. The zero-order valence-electron chi connectivity index (χ0n) is 17.2. The lowest BCUT2D eigenvalue weighted by molar-refractivity contribution is -0.384. The zero-order valence-corrected chi connectivity index (χ0v) is 18.8. The van der Waals surface area contributed by atoms with Gasteiger partial charge in [-0.2, -0.15) is 0 Å². The number of benzene rings is 2. The highest BCUT2D eigenvalue weighted by atomic mass is 35.5. The maximum Gasteiger partial charge on any atom is 0.271 e. The number of nitrogens with one attached hydrogen (secondary N) is 1. The first-order valence-corrected chi connectivity index (χ1v) is 11.7. The largest absolute Gasteiger partial charge is 0.492 e. The highest BCUT2D eigenvalue weighted by molar-refractivity contribution is 7.92. The van der Waals surface area contributed by atoms with Crippen LogP contribution >= 0.6 is 11.6 Å². The molecule has 0 radical (unpaired) electrons. The maximum absolute atomic E-state index is 12.2. The summed E-state index contributed by atoms with van der Waals surface area (Å²) in [5.41, 5.74) is 0.612. The molecule has 0 aliphatic carbocycles. The number of aryl methyl sites for hydroxylation is 1. The molecule has 0 atom stereocenters. The summed E-state index contributed by atoms with van der Waals surface area (Å²) >= 11 is 5.80. The first-order chi connectivity index (χ1) is 14.6. The number of halogens is 1. The monoisotopic (exact) mass is 469 g/mol. The second-order valence-corrected chi connectivity index (χ2v) is 9.16. The number of sulfonamides is 1. The van der Waals surface area contributed by atoms with E-state index in [1.54, 1.807) is 31.2 Å². The SMILES string of the molecule is Cc1ccc([N+](=O)[O-])cc1N(CCCC(=O)NCCOc1ccc(Cl)cc1)S(C)(=O)=O. The van der Waals surface area contributed by atoms with Gasteiger partial charge >= 0.3 is 0 Å². The summed E-state index contributed by atoms with van der Waals surface area (Å²) in [4.78, 5) is 22.5. The molecule has 2 aromatic carbocycles. The lowest BCUT2D eigenvalue weighted by Gasteiger charge is -2.24. The van der Waals surface area contributed by atoms with Crippen molar-refractivity contribution in [3.63, 3.8) is 0 Å². The van der Waals surface area contributed by atoms with Gasteiger partial charge in [0.2, 0.25) is 15.9 Å². The third kappa shape index (κ3) is 7.72. The average Bonchev–Trinajstić information content (AvgIpc) is 2.69. The molecular weight excluding hydrogens is 446 g/mol. The Morgan fingerprint density at radius 3 is 2.52 bits per heavy atom. The van der Waals surface area contributed by atoms with Gasteiger partial charge in [0.1, 0.15) is 12.4 Å². The van der Waals surface area contributed by atoms with E-state index in [2.05, 4.69) is 5.32 Å². The molecule has 1 N–H and O–H groups in total. The Kier molecular flexibility index (Phi) is 8.64. The number of carbonyl (C=O) groups excluding carboxylic acids is 1. The van der Waals surface area contributed by atoms with Gasteiger partial charge in [-0.15, -0.1) is 0 Å². The van der Waals surface area contributed by atoms with Crippen molar-refractivity contribution in [3.8, 4) is 5.75 Å². The number of carbonyl (C=O) groups is 1. The van der Waals surface area contributed by atoms with Gasteiger partial charge in [0.25, 0.3) is 5.69 Å². The average molecular weight is 470 g/mol. The molecule has 0 saturated carbocycles. The van der Waals surface area contributed by atoms with E-state index in [0.29, 0.717) is 22.9 Å². The molecule has 1 amide bonds. The number of nitrogens with zero attached hydrogens (tertiary/aromatic N) is 2. The molecule has 0 aliphatic heterocycles. The van der Waals surface area contributed by atoms with Crippen molar-refractivity contribution in [1.82, 2.24) is 5.32 Å². The first kappa shape index (κ1) is 24.4. The number of anilines is 1. The van der Waals surface area contributed by atoms with Gasteiger partial charge in [-0.05, 0) is 43.2 Å². The zero-order chi connectivity index (χ0) is 23.0. The molecule has 0 aliphatic rings. The summed E-state index contributed by atoms with van der Waals surface area (Å²) in [6.45, 7) is 2.26. The molecule has 9 nitrogen and oxygen atoms in total. The predicted molar refractivity (Wildman–Crippen MR) is 119 cm³/mol. The molecule has 0 fully saturated rings. The van der Waals surface area contributed by atoms with Gasteiger partial charge in [0.05, 0.1) is 23.4 Å². The van der Waals surface area contributed by atoms with Crippen LogP contribution in [0.4, 0.5) is 11.4 Å². The number of hydrogen-bond acceptors (Lipinski definition) is 6. The van der Waals surface area contributed by atoms with Crippen LogP contribution in [0.2, 0.25) is 5.02 Å². The fourth-order valence-electron chi connectivity index (χ4n) is 2.81. The normalized spacial score (nSPS) is 11.1. The molecule has 0 heterocycles. The van der Waals surface area contributed by atoms with E-state index in [0.717, 1.165) is 10.6 Å². The third-order valence-electron chi connectivity index (χ3n) is 4.34. The van der Waals surface area contributed by atoms with E-state index < -0.39 is 14.9 Å². The van der Waals surface area contributed by atoms with E-state index in [1.165, 1.54) is 18.2 Å². The summed E-state index contributed by atoms with van der Waals surface area (Å²) in [5, 5.41) is 14.3. The van der Waals surface area contributed by atoms with Gasteiger partial charge in [0.15, 0.2) is 0 Å². The van der Waals surface area contributed by atoms with Crippen molar-refractivity contribution in [3.05, 3.63) is 63.2 Å². The van der Waals surface area contributed by atoms with Gasteiger partial charge in [-0.1, -0.05) is 17.7 Å². The highest BCUT2D eigenvalue weighted by Crippen LogP contribution is 2.27. The van der Waals surface area contributed by atoms with Crippen molar-refractivity contribution in [2.45, 2.75) is 19.8 Å². The number of amides is 1. The van der Waals surface area contributed by atoms with Crippen LogP contribution in [0.3, 0.4) is 0 Å². The molecule has 0 bridgehead atoms. The van der Waals surface area contributed by atoms with E-state index in [9.17, 15) is 23.3 Å². The summed E-state index contributed by atoms with van der Waals surface area (Å²) in [6.07, 6.45) is 1.37. The summed E-state index contributed by atoms with van der Waals surface area (Å²) in [5.74, 6) is 0.388. The van der Waals surface area contributed by atoms with E-state index >= 15 is 0 Å². The van der Waals surface area contributed by atoms with Crippen molar-refractivity contribution < 1.29 is 22.9 Å². The van der Waals surface area contributed by atoms with Gasteiger partial charge < -0.3 is 10.1 Å². The molecule has 168 valence electrons. The number of ether oxygens (including phenoxy) is 1. The predicted octanol–water partition coefficient (Wildman–Crippen LogP) is 3.30. The van der Waals surface area contributed by atoms with E-state index in [-0.39, 0.29) is 43.3 Å². The minimum atomic E-state index is -3.69. The van der Waals surface area contributed by atoms with Crippen molar-refractivity contribution in [2.75, 3.05) is 30.3 Å². The van der Waals surface area contributed by atoms with Crippen LogP contribution in [-0.2, 0) is 14.8 Å². The van der Waals surface area contributed by atoms with Crippen LogP contribution in [0, 0.1) is 17.0 Å². The van der Waals surface area contributed by atoms with E-state index in [1.807, 2.05) is 0 Å². The van der Waals surface area contributed by atoms with Crippen molar-refractivity contribution in [2.24, 2.45) is 0 Å². The first-order valence-electron chi connectivity index (χ1n) is 9.46. The highest BCUT2D eigenvalue weighted by Gasteiger charge is 2.21. The smallest absolute Gasteiger partial charge is 0.271 e. The van der Waals surface area contributed by atoms with Crippen molar-refractivity contribution >= 4 is 38.9 Å². The maximum atomic E-state index is 12.2. The number of rotatable bonds is 11. The molecule has 0 spiro atoms. The van der Waals surface area contributed by atoms with Crippen LogP contribution in [-0.4, -0.2) is 45.2 Å². The quantitative estimate of drug-likeness (QED) is 0.306. The number of nitro groups is 1. The molecule has 2 rings (SSSR count). The Morgan fingerprint density at radius 1 is 1.23 bits per heavy atom. The van der Waals surface area contributed by atoms with Crippen LogP contribution in [0.15, 0.2) is 42.5 Å². The van der Waals surface area contributed by atoms with Crippen LogP contribution in [0.25, 0.3) is 0 Å². The molecule has 11 heteroatoms. The third-order valence-corrected chi connectivity index (χ3v) is 5.78. The van der Waals surface area contributed by atoms with E-state index in [4.69, 9.17) is 16.3 Å². The Labute approximate surface area is 186 Å². The second-order valence-electron chi connectivity index (χ2n) is 6.82. The standard InChI is InChI=1S/C20H24ClN3O6S/c1-15-5-8-17(24(26)27)14-19(15)23(31(2,28)29)12-3-4-20(25)22-11-13-30-18-9-6-16(21)7-10-18/h5-10,14H,3-4,11-13H2,1-2H3,(H,22,25). The minimum absolute atomic E-state index is 0.0233. The topological polar surface area (TPSA) is 119 Å². The minimum Gasteiger partial charge on any atom is -0.492 e. The Balaban J connectivity index is 1.86. The second kappa shape index (κ2) is 11.0. The Bertz CT molecular complexity index is 1030. The summed E-state index contributed by atoms with van der Waals surface area (Å²) in [6, 6.07) is 10.9. The van der Waals surface area contributed by atoms with Crippen LogP contribution in [0.1, 0.15) is 18.4 Å². The Hall–Kier alpha value is -2.85. The Morgan fingerprint density at radius 2 is 1.90 bits per heavy atom. The number of nitro benzene ring substituents is 1. The molecule has 31 heavy (non-hydrogen) atoms. The molecule has 0 unspecified atom stereocenters. The van der Waals surface area contributed by atoms with Crippen molar-refractivity contribution in [1.29, 1.82) is 0 Å². The lowest BCUT2D eigenvalue weighted by atomic mass is 10.1. The van der Waals surface area contributed by atoms with Gasteiger partial charge in [-0.25, -0.2) is 8.42 Å².